The number of carbonyl (C=O) groups is 4. The smallest absolute Gasteiger partial charge is 0.341 e. The molecule has 0 saturated carbocycles. The standard InChI is InChI=1S/C16H18N4O6S/c1-3-6-26-16(25)11-8(2)12(13(17)23)27-15(11)18-14(24)9-4-5-20(19-9)7-10(21)22/h4-5H,3,6-7H2,1-2H3,(H2,17,23)(H,18,24)(H,21,22). The van der Waals surface area contributed by atoms with Gasteiger partial charge in [0.15, 0.2) is 5.69 Å². The molecule has 0 spiro atoms. The van der Waals surface area contributed by atoms with Crippen molar-refractivity contribution in [2.75, 3.05) is 11.9 Å². The number of hydrogen-bond acceptors (Lipinski definition) is 7. The van der Waals surface area contributed by atoms with E-state index in [0.29, 0.717) is 12.0 Å². The molecule has 0 atom stereocenters. The molecule has 11 heteroatoms. The van der Waals surface area contributed by atoms with E-state index in [9.17, 15) is 19.2 Å². The van der Waals surface area contributed by atoms with Crippen LogP contribution < -0.4 is 11.1 Å². The molecule has 2 aromatic heterocycles. The van der Waals surface area contributed by atoms with Crippen molar-refractivity contribution in [1.29, 1.82) is 0 Å². The van der Waals surface area contributed by atoms with E-state index in [4.69, 9.17) is 15.6 Å². The van der Waals surface area contributed by atoms with Gasteiger partial charge in [-0.2, -0.15) is 5.10 Å². The lowest BCUT2D eigenvalue weighted by atomic mass is 10.1. The third kappa shape index (κ3) is 4.70. The predicted octanol–water partition coefficient (Wildman–Crippen LogP) is 1.26. The van der Waals surface area contributed by atoms with Gasteiger partial charge in [-0.15, -0.1) is 11.3 Å². The van der Waals surface area contributed by atoms with Gasteiger partial charge in [-0.1, -0.05) is 6.92 Å². The fraction of sp³-hybridized carbons (Fsp3) is 0.312. The minimum Gasteiger partial charge on any atom is -0.480 e. The number of carbonyl (C=O) groups excluding carboxylic acids is 3. The molecule has 2 rings (SSSR count). The van der Waals surface area contributed by atoms with Crippen LogP contribution in [0.15, 0.2) is 12.3 Å². The Labute approximate surface area is 157 Å². The monoisotopic (exact) mass is 394 g/mol. The number of esters is 1. The second kappa shape index (κ2) is 8.45. The number of carboxylic acid groups (broad SMARTS) is 1. The predicted molar refractivity (Wildman–Crippen MR) is 96.0 cm³/mol. The molecule has 0 aromatic carbocycles. The lowest BCUT2D eigenvalue weighted by Gasteiger charge is -2.06. The summed E-state index contributed by atoms with van der Waals surface area (Å²) in [5, 5.41) is 15.2. The van der Waals surface area contributed by atoms with Gasteiger partial charge in [-0.25, -0.2) is 4.79 Å². The van der Waals surface area contributed by atoms with Crippen LogP contribution in [0, 0.1) is 6.92 Å². The molecule has 4 N–H and O–H groups in total. The SMILES string of the molecule is CCCOC(=O)c1c(NC(=O)c2ccn(CC(=O)O)n2)sc(C(N)=O)c1C. The van der Waals surface area contributed by atoms with E-state index in [1.54, 1.807) is 0 Å². The maximum absolute atomic E-state index is 12.4. The van der Waals surface area contributed by atoms with Crippen LogP contribution in [0.25, 0.3) is 0 Å². The van der Waals surface area contributed by atoms with Gasteiger partial charge >= 0.3 is 11.9 Å². The molecule has 0 aliphatic rings. The van der Waals surface area contributed by atoms with Gasteiger partial charge in [0, 0.05) is 6.20 Å². The summed E-state index contributed by atoms with van der Waals surface area (Å²) in [5.41, 5.74) is 5.65. The quantitative estimate of drug-likeness (QED) is 0.569. The lowest BCUT2D eigenvalue weighted by Crippen LogP contribution is -2.17. The van der Waals surface area contributed by atoms with Gasteiger partial charge in [0.05, 0.1) is 17.0 Å². The second-order valence-electron chi connectivity index (χ2n) is 5.51. The average Bonchev–Trinajstić information content (AvgIpc) is 3.17. The third-order valence-corrected chi connectivity index (χ3v) is 4.63. The van der Waals surface area contributed by atoms with Crippen molar-refractivity contribution in [3.8, 4) is 0 Å². The van der Waals surface area contributed by atoms with Gasteiger partial charge in [0.25, 0.3) is 11.8 Å². The number of nitrogens with zero attached hydrogens (tertiary/aromatic N) is 2. The molecule has 0 radical (unpaired) electrons. The van der Waals surface area contributed by atoms with Crippen LogP contribution in [0.1, 0.15) is 49.4 Å². The van der Waals surface area contributed by atoms with E-state index in [-0.39, 0.29) is 27.7 Å². The van der Waals surface area contributed by atoms with Gasteiger partial charge < -0.3 is 20.9 Å². The Kier molecular flexibility index (Phi) is 6.29. The lowest BCUT2D eigenvalue weighted by molar-refractivity contribution is -0.137. The summed E-state index contributed by atoms with van der Waals surface area (Å²) in [6.07, 6.45) is 1.95. The number of anilines is 1. The molecule has 0 aliphatic carbocycles. The third-order valence-electron chi connectivity index (χ3n) is 3.41. The number of nitrogens with one attached hydrogen (secondary N) is 1. The van der Waals surface area contributed by atoms with E-state index in [1.807, 2.05) is 6.92 Å². The first-order chi connectivity index (χ1) is 12.7. The summed E-state index contributed by atoms with van der Waals surface area (Å²) in [6, 6.07) is 1.34. The highest BCUT2D eigenvalue weighted by molar-refractivity contribution is 7.18. The number of aliphatic carboxylic acids is 1. The normalized spacial score (nSPS) is 10.4. The molecule has 27 heavy (non-hydrogen) atoms. The topological polar surface area (TPSA) is 154 Å². The zero-order chi connectivity index (χ0) is 20.1. The molecule has 2 heterocycles. The number of carboxylic acids is 1. The number of amides is 2. The first kappa shape index (κ1) is 20.1. The molecule has 2 aromatic rings. The second-order valence-corrected chi connectivity index (χ2v) is 6.53. The highest BCUT2D eigenvalue weighted by Crippen LogP contribution is 2.33. The summed E-state index contributed by atoms with van der Waals surface area (Å²) in [4.78, 5) is 47.1. The maximum atomic E-state index is 12.4. The fourth-order valence-corrected chi connectivity index (χ4v) is 3.27. The van der Waals surface area contributed by atoms with E-state index >= 15 is 0 Å². The Morgan fingerprint density at radius 1 is 1.37 bits per heavy atom. The minimum absolute atomic E-state index is 0.0456. The number of primary amides is 1. The zero-order valence-electron chi connectivity index (χ0n) is 14.6. The molecule has 0 aliphatic heterocycles. The van der Waals surface area contributed by atoms with Crippen molar-refractivity contribution in [2.24, 2.45) is 5.73 Å². The highest BCUT2D eigenvalue weighted by Gasteiger charge is 2.26. The molecular formula is C16H18N4O6S. The van der Waals surface area contributed by atoms with E-state index in [0.717, 1.165) is 16.0 Å². The van der Waals surface area contributed by atoms with Crippen molar-refractivity contribution >= 4 is 40.1 Å². The number of hydrogen-bond donors (Lipinski definition) is 3. The summed E-state index contributed by atoms with van der Waals surface area (Å²) < 4.78 is 6.19. The van der Waals surface area contributed by atoms with Crippen molar-refractivity contribution in [3.05, 3.63) is 34.0 Å². The first-order valence-corrected chi connectivity index (χ1v) is 8.73. The summed E-state index contributed by atoms with van der Waals surface area (Å²) in [7, 11) is 0. The van der Waals surface area contributed by atoms with Gasteiger partial charge in [0.1, 0.15) is 11.5 Å². The van der Waals surface area contributed by atoms with Crippen molar-refractivity contribution < 1.29 is 29.0 Å². The molecular weight excluding hydrogens is 376 g/mol. The van der Waals surface area contributed by atoms with Gasteiger partial charge in [-0.3, -0.25) is 19.1 Å². The van der Waals surface area contributed by atoms with Crippen molar-refractivity contribution in [3.63, 3.8) is 0 Å². The van der Waals surface area contributed by atoms with Crippen molar-refractivity contribution in [1.82, 2.24) is 9.78 Å². The number of thiophene rings is 1. The molecule has 10 nitrogen and oxygen atoms in total. The summed E-state index contributed by atoms with van der Waals surface area (Å²) in [6.45, 7) is 3.16. The van der Waals surface area contributed by atoms with E-state index < -0.39 is 30.3 Å². The van der Waals surface area contributed by atoms with Crippen LogP contribution in [0.4, 0.5) is 5.00 Å². The summed E-state index contributed by atoms with van der Waals surface area (Å²) >= 11 is 0.860. The highest BCUT2D eigenvalue weighted by atomic mass is 32.1. The Balaban J connectivity index is 2.31. The van der Waals surface area contributed by atoms with Crippen LogP contribution in [0.3, 0.4) is 0 Å². The Bertz CT molecular complexity index is 901. The molecule has 0 bridgehead atoms. The molecule has 0 saturated heterocycles. The Morgan fingerprint density at radius 2 is 2.07 bits per heavy atom. The molecule has 2 amide bonds. The number of nitrogens with two attached hydrogens (primary N) is 1. The number of ether oxygens (including phenoxy) is 1. The minimum atomic E-state index is -1.11. The van der Waals surface area contributed by atoms with E-state index in [1.165, 1.54) is 19.2 Å². The van der Waals surface area contributed by atoms with Gasteiger partial charge in [0.2, 0.25) is 0 Å². The van der Waals surface area contributed by atoms with Crippen LogP contribution in [0.5, 0.6) is 0 Å². The number of aromatic nitrogens is 2. The largest absolute Gasteiger partial charge is 0.480 e. The van der Waals surface area contributed by atoms with Gasteiger partial charge in [-0.05, 0) is 25.0 Å². The van der Waals surface area contributed by atoms with Crippen LogP contribution in [0.2, 0.25) is 0 Å². The van der Waals surface area contributed by atoms with Crippen LogP contribution in [-0.2, 0) is 16.1 Å². The zero-order valence-corrected chi connectivity index (χ0v) is 15.5. The first-order valence-electron chi connectivity index (χ1n) is 7.91. The van der Waals surface area contributed by atoms with Crippen LogP contribution >= 0.6 is 11.3 Å². The number of rotatable bonds is 8. The van der Waals surface area contributed by atoms with Crippen molar-refractivity contribution in [2.45, 2.75) is 26.8 Å². The Hall–Kier alpha value is -3.21. The molecule has 0 fully saturated rings. The summed E-state index contributed by atoms with van der Waals surface area (Å²) in [5.74, 6) is -3.18. The van der Waals surface area contributed by atoms with Crippen LogP contribution in [-0.4, -0.2) is 45.2 Å². The average molecular weight is 394 g/mol. The fourth-order valence-electron chi connectivity index (χ4n) is 2.23. The molecule has 144 valence electrons. The Morgan fingerprint density at radius 3 is 2.67 bits per heavy atom. The molecule has 0 unspecified atom stereocenters. The van der Waals surface area contributed by atoms with E-state index in [2.05, 4.69) is 10.4 Å². The maximum Gasteiger partial charge on any atom is 0.341 e.